The molecule has 6 nitrogen and oxygen atoms in total. The van der Waals surface area contributed by atoms with Crippen molar-refractivity contribution in [3.8, 4) is 0 Å². The number of nitrogens with one attached hydrogen (secondary N) is 1. The van der Waals surface area contributed by atoms with Crippen LogP contribution >= 0.6 is 0 Å². The van der Waals surface area contributed by atoms with Crippen molar-refractivity contribution in [3.63, 3.8) is 0 Å². The molecule has 0 spiro atoms. The van der Waals surface area contributed by atoms with Gasteiger partial charge in [0.25, 0.3) is 5.91 Å². The van der Waals surface area contributed by atoms with Gasteiger partial charge in [0, 0.05) is 5.56 Å². The standard InChI is InChI=1S/C20H19N3O3/c1-13-19(23-26-22-13)12-21-20(24)18-5-4-16-10-15(2-3-17(16)11-18)14-6-8-25-9-7-14/h2-6,10-11H,7-9,12H2,1H3,(H,21,24). The number of hydrogen-bond acceptors (Lipinski definition) is 5. The van der Waals surface area contributed by atoms with Crippen molar-refractivity contribution in [2.24, 2.45) is 0 Å². The van der Waals surface area contributed by atoms with Crippen LogP contribution in [0.1, 0.15) is 33.7 Å². The molecule has 0 atom stereocenters. The highest BCUT2D eigenvalue weighted by molar-refractivity contribution is 5.99. The Morgan fingerprint density at radius 1 is 1.15 bits per heavy atom. The number of hydrogen-bond donors (Lipinski definition) is 1. The van der Waals surface area contributed by atoms with E-state index >= 15 is 0 Å². The molecule has 1 amide bonds. The summed E-state index contributed by atoms with van der Waals surface area (Å²) in [5.74, 6) is -0.148. The summed E-state index contributed by atoms with van der Waals surface area (Å²) in [6, 6.07) is 12.1. The van der Waals surface area contributed by atoms with Gasteiger partial charge in [0.05, 0.1) is 19.8 Å². The van der Waals surface area contributed by atoms with Crippen LogP contribution in [0.2, 0.25) is 0 Å². The molecule has 0 saturated carbocycles. The van der Waals surface area contributed by atoms with Gasteiger partial charge in [-0.15, -0.1) is 0 Å². The number of aromatic nitrogens is 2. The Hall–Kier alpha value is -2.99. The SMILES string of the molecule is Cc1nonc1CNC(=O)c1ccc2cc(C3=CCOCC3)ccc2c1. The number of rotatable bonds is 4. The zero-order valence-corrected chi connectivity index (χ0v) is 14.5. The molecule has 1 N–H and O–H groups in total. The molecule has 26 heavy (non-hydrogen) atoms. The normalized spacial score (nSPS) is 14.3. The summed E-state index contributed by atoms with van der Waals surface area (Å²) >= 11 is 0. The number of carbonyl (C=O) groups excluding carboxylic acids is 1. The van der Waals surface area contributed by atoms with Gasteiger partial charge < -0.3 is 10.1 Å². The fraction of sp³-hybridized carbons (Fsp3) is 0.250. The van der Waals surface area contributed by atoms with Crippen LogP contribution in [0.5, 0.6) is 0 Å². The highest BCUT2D eigenvalue weighted by Crippen LogP contribution is 2.25. The third-order valence-corrected chi connectivity index (χ3v) is 4.60. The Balaban J connectivity index is 1.52. The first-order valence-corrected chi connectivity index (χ1v) is 8.58. The molecular formula is C20H19N3O3. The van der Waals surface area contributed by atoms with E-state index in [-0.39, 0.29) is 5.91 Å². The minimum atomic E-state index is -0.148. The molecule has 0 unspecified atom stereocenters. The highest BCUT2D eigenvalue weighted by atomic mass is 16.6. The van der Waals surface area contributed by atoms with Gasteiger partial charge in [-0.25, -0.2) is 4.63 Å². The van der Waals surface area contributed by atoms with E-state index in [2.05, 4.69) is 44.5 Å². The van der Waals surface area contributed by atoms with Crippen LogP contribution < -0.4 is 5.32 Å². The molecule has 1 aliphatic heterocycles. The van der Waals surface area contributed by atoms with E-state index in [9.17, 15) is 4.79 Å². The van der Waals surface area contributed by atoms with Gasteiger partial charge in [-0.1, -0.05) is 34.6 Å². The van der Waals surface area contributed by atoms with E-state index in [1.165, 1.54) is 11.1 Å². The van der Waals surface area contributed by atoms with E-state index in [4.69, 9.17) is 4.74 Å². The maximum absolute atomic E-state index is 12.4. The maximum atomic E-state index is 12.4. The van der Waals surface area contributed by atoms with E-state index in [0.29, 0.717) is 30.1 Å². The monoisotopic (exact) mass is 349 g/mol. The quantitative estimate of drug-likeness (QED) is 0.782. The summed E-state index contributed by atoms with van der Waals surface area (Å²) in [6.45, 7) is 3.53. The molecular weight excluding hydrogens is 330 g/mol. The van der Waals surface area contributed by atoms with Gasteiger partial charge >= 0.3 is 0 Å². The lowest BCUT2D eigenvalue weighted by Gasteiger charge is -2.14. The van der Waals surface area contributed by atoms with Gasteiger partial charge in [0.1, 0.15) is 11.4 Å². The summed E-state index contributed by atoms with van der Waals surface area (Å²) in [6.07, 6.45) is 3.07. The van der Waals surface area contributed by atoms with Crippen LogP contribution in [0.4, 0.5) is 0 Å². The number of aryl methyl sites for hydroxylation is 1. The average Bonchev–Trinajstić information content (AvgIpc) is 3.10. The van der Waals surface area contributed by atoms with Crippen molar-refractivity contribution in [1.29, 1.82) is 0 Å². The van der Waals surface area contributed by atoms with Crippen LogP contribution in [0.15, 0.2) is 47.1 Å². The molecule has 1 aliphatic rings. The minimum Gasteiger partial charge on any atom is -0.377 e. The number of carbonyl (C=O) groups is 1. The van der Waals surface area contributed by atoms with Gasteiger partial charge in [-0.2, -0.15) is 0 Å². The molecule has 2 aromatic carbocycles. The van der Waals surface area contributed by atoms with E-state index < -0.39 is 0 Å². The van der Waals surface area contributed by atoms with Crippen LogP contribution in [-0.4, -0.2) is 29.4 Å². The maximum Gasteiger partial charge on any atom is 0.251 e. The topological polar surface area (TPSA) is 77.3 Å². The molecule has 6 heteroatoms. The van der Waals surface area contributed by atoms with Crippen molar-refractivity contribution < 1.29 is 14.2 Å². The van der Waals surface area contributed by atoms with Crippen molar-refractivity contribution in [3.05, 3.63) is 65.0 Å². The molecule has 1 aromatic heterocycles. The first-order chi connectivity index (χ1) is 12.7. The lowest BCUT2D eigenvalue weighted by atomic mass is 9.97. The first kappa shape index (κ1) is 16.5. The smallest absolute Gasteiger partial charge is 0.251 e. The first-order valence-electron chi connectivity index (χ1n) is 8.58. The van der Waals surface area contributed by atoms with Gasteiger partial charge in [-0.3, -0.25) is 4.79 Å². The second kappa shape index (κ2) is 7.09. The highest BCUT2D eigenvalue weighted by Gasteiger charge is 2.11. The lowest BCUT2D eigenvalue weighted by Crippen LogP contribution is -2.23. The van der Waals surface area contributed by atoms with Crippen molar-refractivity contribution in [2.75, 3.05) is 13.2 Å². The molecule has 0 bridgehead atoms. The summed E-state index contributed by atoms with van der Waals surface area (Å²) in [5, 5.41) is 12.5. The van der Waals surface area contributed by atoms with Crippen molar-refractivity contribution in [2.45, 2.75) is 19.9 Å². The third-order valence-electron chi connectivity index (χ3n) is 4.60. The molecule has 0 aliphatic carbocycles. The predicted molar refractivity (Wildman–Crippen MR) is 97.6 cm³/mol. The van der Waals surface area contributed by atoms with Crippen molar-refractivity contribution in [1.82, 2.24) is 15.6 Å². The molecule has 3 aromatic rings. The molecule has 2 heterocycles. The summed E-state index contributed by atoms with van der Waals surface area (Å²) in [4.78, 5) is 12.4. The summed E-state index contributed by atoms with van der Waals surface area (Å²) in [5.41, 5.74) is 4.46. The third kappa shape index (κ3) is 3.36. The molecule has 0 saturated heterocycles. The Kier molecular flexibility index (Phi) is 4.50. The zero-order valence-electron chi connectivity index (χ0n) is 14.5. The Morgan fingerprint density at radius 3 is 2.77 bits per heavy atom. The van der Waals surface area contributed by atoms with Crippen LogP contribution in [0.25, 0.3) is 16.3 Å². The van der Waals surface area contributed by atoms with Gasteiger partial charge in [-0.05, 0) is 53.5 Å². The largest absolute Gasteiger partial charge is 0.377 e. The minimum absolute atomic E-state index is 0.148. The van der Waals surface area contributed by atoms with E-state index in [1.807, 2.05) is 18.2 Å². The second-order valence-electron chi connectivity index (χ2n) is 6.31. The van der Waals surface area contributed by atoms with E-state index in [1.54, 1.807) is 6.92 Å². The molecule has 4 rings (SSSR count). The second-order valence-corrected chi connectivity index (χ2v) is 6.31. The van der Waals surface area contributed by atoms with Gasteiger partial charge in [0.15, 0.2) is 0 Å². The molecule has 0 fully saturated rings. The fourth-order valence-electron chi connectivity index (χ4n) is 3.05. The molecule has 132 valence electrons. The number of fused-ring (bicyclic) bond motifs is 1. The Bertz CT molecular complexity index is 991. The lowest BCUT2D eigenvalue weighted by molar-refractivity contribution is 0.0950. The molecule has 0 radical (unpaired) electrons. The average molecular weight is 349 g/mol. The zero-order chi connectivity index (χ0) is 17.9. The fourth-order valence-corrected chi connectivity index (χ4v) is 3.05. The summed E-state index contributed by atoms with van der Waals surface area (Å²) < 4.78 is 10.0. The Labute approximate surface area is 150 Å². The van der Waals surface area contributed by atoms with Crippen LogP contribution in [-0.2, 0) is 11.3 Å². The van der Waals surface area contributed by atoms with Crippen LogP contribution in [0.3, 0.4) is 0 Å². The van der Waals surface area contributed by atoms with Gasteiger partial charge in [0.2, 0.25) is 0 Å². The Morgan fingerprint density at radius 2 is 2.00 bits per heavy atom. The number of ether oxygens (including phenoxy) is 1. The summed E-state index contributed by atoms with van der Waals surface area (Å²) in [7, 11) is 0. The van der Waals surface area contributed by atoms with E-state index in [0.717, 1.165) is 23.8 Å². The number of benzene rings is 2. The number of amides is 1. The van der Waals surface area contributed by atoms with Crippen molar-refractivity contribution >= 4 is 22.3 Å². The van der Waals surface area contributed by atoms with Crippen LogP contribution in [0, 0.1) is 6.92 Å². The predicted octanol–water partition coefficient (Wildman–Crippen LogP) is 3.26. The number of nitrogens with zero attached hydrogens (tertiary/aromatic N) is 2.